The first-order valence-corrected chi connectivity index (χ1v) is 11.2. The van der Waals surface area contributed by atoms with Crippen molar-refractivity contribution in [2.75, 3.05) is 31.4 Å². The number of hydrogen-bond acceptors (Lipinski definition) is 7. The maximum absolute atomic E-state index is 12.6. The minimum absolute atomic E-state index is 0.107. The number of carbonyl (C=O) groups excluding carboxylic acids is 2. The monoisotopic (exact) mass is 454 g/mol. The average molecular weight is 455 g/mol. The first-order chi connectivity index (χ1) is 15.5. The maximum atomic E-state index is 12.6. The van der Waals surface area contributed by atoms with E-state index in [9.17, 15) is 9.59 Å². The van der Waals surface area contributed by atoms with Crippen molar-refractivity contribution in [2.24, 2.45) is 0 Å². The highest BCUT2D eigenvalue weighted by molar-refractivity contribution is 7.99. The number of nitrogens with one attached hydrogen (secondary N) is 1. The van der Waals surface area contributed by atoms with E-state index in [2.05, 4.69) is 15.5 Å². The molecule has 0 aliphatic rings. The maximum Gasteiger partial charge on any atom is 0.340 e. The quantitative estimate of drug-likeness (QED) is 0.368. The van der Waals surface area contributed by atoms with Crippen LogP contribution < -0.4 is 5.32 Å². The van der Waals surface area contributed by atoms with Gasteiger partial charge in [0.05, 0.1) is 36.8 Å². The highest BCUT2D eigenvalue weighted by atomic mass is 32.2. The molecule has 0 atom stereocenters. The Kier molecular flexibility index (Phi) is 8.41. The number of aryl methyl sites for hydroxylation is 1. The minimum atomic E-state index is -0.474. The summed E-state index contributed by atoms with van der Waals surface area (Å²) in [4.78, 5) is 24.7. The van der Waals surface area contributed by atoms with Crippen molar-refractivity contribution < 1.29 is 19.1 Å². The van der Waals surface area contributed by atoms with Crippen molar-refractivity contribution >= 4 is 29.3 Å². The fraction of sp³-hybridized carbons (Fsp3) is 0.304. The normalized spacial score (nSPS) is 10.7. The summed E-state index contributed by atoms with van der Waals surface area (Å²) in [6, 6.07) is 14.8. The average Bonchev–Trinajstić information content (AvgIpc) is 3.19. The van der Waals surface area contributed by atoms with Crippen LogP contribution in [0.4, 0.5) is 5.69 Å². The third-order valence-electron chi connectivity index (χ3n) is 4.54. The molecule has 0 saturated carbocycles. The molecule has 3 aromatic rings. The largest absolute Gasteiger partial charge is 0.462 e. The number of esters is 1. The fourth-order valence-electron chi connectivity index (χ4n) is 3.07. The Labute approximate surface area is 191 Å². The molecule has 0 bridgehead atoms. The van der Waals surface area contributed by atoms with Gasteiger partial charge in [0.25, 0.3) is 0 Å². The lowest BCUT2D eigenvalue weighted by atomic mass is 10.1. The first kappa shape index (κ1) is 23.5. The number of thioether (sulfide) groups is 1. The molecule has 9 heteroatoms. The lowest BCUT2D eigenvalue weighted by Gasteiger charge is -2.11. The Bertz CT molecular complexity index is 1080. The minimum Gasteiger partial charge on any atom is -0.462 e. The van der Waals surface area contributed by atoms with E-state index in [1.54, 1.807) is 38.3 Å². The van der Waals surface area contributed by atoms with Crippen LogP contribution in [0.5, 0.6) is 0 Å². The molecule has 1 aromatic heterocycles. The molecule has 32 heavy (non-hydrogen) atoms. The molecule has 0 spiro atoms. The zero-order valence-electron chi connectivity index (χ0n) is 18.3. The van der Waals surface area contributed by atoms with Gasteiger partial charge < -0.3 is 14.8 Å². The summed E-state index contributed by atoms with van der Waals surface area (Å²) in [5.41, 5.74) is 2.81. The Balaban J connectivity index is 1.73. The SMILES string of the molecule is CCOC(=O)c1ccccc1NC(=O)CSc1nnc(-c2cccc(C)c2)n1CCOC. The second kappa shape index (κ2) is 11.4. The van der Waals surface area contributed by atoms with Gasteiger partial charge in [0, 0.05) is 12.7 Å². The number of para-hydroxylation sites is 1. The zero-order valence-corrected chi connectivity index (χ0v) is 19.1. The number of aromatic nitrogens is 3. The Morgan fingerprint density at radius 3 is 2.69 bits per heavy atom. The van der Waals surface area contributed by atoms with E-state index < -0.39 is 5.97 Å². The smallest absolute Gasteiger partial charge is 0.340 e. The Morgan fingerprint density at radius 2 is 1.94 bits per heavy atom. The van der Waals surface area contributed by atoms with Crippen LogP contribution in [0.1, 0.15) is 22.8 Å². The van der Waals surface area contributed by atoms with Crippen molar-refractivity contribution in [2.45, 2.75) is 25.5 Å². The van der Waals surface area contributed by atoms with Crippen LogP contribution in [0.3, 0.4) is 0 Å². The van der Waals surface area contributed by atoms with Gasteiger partial charge in [0.15, 0.2) is 11.0 Å². The number of benzene rings is 2. The van der Waals surface area contributed by atoms with Crippen LogP contribution in [0.15, 0.2) is 53.7 Å². The molecule has 2 aromatic carbocycles. The molecule has 0 radical (unpaired) electrons. The van der Waals surface area contributed by atoms with Crippen molar-refractivity contribution in [3.05, 3.63) is 59.7 Å². The van der Waals surface area contributed by atoms with E-state index in [0.717, 1.165) is 17.0 Å². The highest BCUT2D eigenvalue weighted by Gasteiger charge is 2.17. The van der Waals surface area contributed by atoms with Gasteiger partial charge in [-0.3, -0.25) is 9.36 Å². The summed E-state index contributed by atoms with van der Waals surface area (Å²) < 4.78 is 12.2. The predicted molar refractivity (Wildman–Crippen MR) is 124 cm³/mol. The van der Waals surface area contributed by atoms with Gasteiger partial charge in [-0.2, -0.15) is 0 Å². The van der Waals surface area contributed by atoms with Crippen LogP contribution in [-0.4, -0.2) is 52.7 Å². The van der Waals surface area contributed by atoms with Crippen molar-refractivity contribution in [3.8, 4) is 11.4 Å². The summed E-state index contributed by atoms with van der Waals surface area (Å²) in [7, 11) is 1.64. The third-order valence-corrected chi connectivity index (χ3v) is 5.51. The number of hydrogen-bond donors (Lipinski definition) is 1. The first-order valence-electron chi connectivity index (χ1n) is 10.2. The van der Waals surface area contributed by atoms with Crippen molar-refractivity contribution in [3.63, 3.8) is 0 Å². The second-order valence-electron chi connectivity index (χ2n) is 6.92. The van der Waals surface area contributed by atoms with Gasteiger partial charge in [-0.15, -0.1) is 10.2 Å². The summed E-state index contributed by atoms with van der Waals surface area (Å²) in [6.07, 6.45) is 0. The summed E-state index contributed by atoms with van der Waals surface area (Å²) in [5.74, 6) is 0.0976. The number of ether oxygens (including phenoxy) is 2. The van der Waals surface area contributed by atoms with Crippen LogP contribution in [0.25, 0.3) is 11.4 Å². The van der Waals surface area contributed by atoms with Crippen molar-refractivity contribution in [1.29, 1.82) is 0 Å². The van der Waals surface area contributed by atoms with Crippen LogP contribution >= 0.6 is 11.8 Å². The number of nitrogens with zero attached hydrogens (tertiary/aromatic N) is 3. The number of carbonyl (C=O) groups is 2. The Morgan fingerprint density at radius 1 is 1.12 bits per heavy atom. The summed E-state index contributed by atoms with van der Waals surface area (Å²) >= 11 is 1.27. The molecule has 0 aliphatic heterocycles. The standard InChI is InChI=1S/C23H26N4O4S/c1-4-31-22(29)18-10-5-6-11-19(18)24-20(28)15-32-23-26-25-21(27(23)12-13-30-3)17-9-7-8-16(2)14-17/h5-11,14H,4,12-13,15H2,1-3H3,(H,24,28). The van der Waals surface area contributed by atoms with E-state index in [1.807, 2.05) is 35.8 Å². The summed E-state index contributed by atoms with van der Waals surface area (Å²) in [5, 5.41) is 12.0. The molecule has 1 heterocycles. The molecule has 0 fully saturated rings. The topological polar surface area (TPSA) is 95.3 Å². The van der Waals surface area contributed by atoms with E-state index in [-0.39, 0.29) is 18.3 Å². The lowest BCUT2D eigenvalue weighted by Crippen LogP contribution is -2.18. The fourth-order valence-corrected chi connectivity index (χ4v) is 3.84. The van der Waals surface area contributed by atoms with Crippen LogP contribution in [0.2, 0.25) is 0 Å². The number of methoxy groups -OCH3 is 1. The summed E-state index contributed by atoms with van der Waals surface area (Å²) in [6.45, 7) is 5.07. The van der Waals surface area contributed by atoms with Gasteiger partial charge in [0.2, 0.25) is 5.91 Å². The third kappa shape index (κ3) is 5.95. The van der Waals surface area contributed by atoms with E-state index in [4.69, 9.17) is 9.47 Å². The molecule has 0 unspecified atom stereocenters. The molecule has 1 N–H and O–H groups in total. The number of amides is 1. The molecule has 3 rings (SSSR count). The zero-order chi connectivity index (χ0) is 22.9. The van der Waals surface area contributed by atoms with E-state index >= 15 is 0 Å². The lowest BCUT2D eigenvalue weighted by molar-refractivity contribution is -0.113. The van der Waals surface area contributed by atoms with E-state index in [1.165, 1.54) is 11.8 Å². The van der Waals surface area contributed by atoms with Crippen LogP contribution in [-0.2, 0) is 20.8 Å². The second-order valence-corrected chi connectivity index (χ2v) is 7.87. The van der Waals surface area contributed by atoms with E-state index in [0.29, 0.717) is 29.6 Å². The number of rotatable bonds is 10. The number of anilines is 1. The Hall–Kier alpha value is -3.17. The molecule has 0 saturated heterocycles. The van der Waals surface area contributed by atoms with Gasteiger partial charge in [-0.1, -0.05) is 47.7 Å². The molecule has 1 amide bonds. The molecule has 0 aliphatic carbocycles. The molecular formula is C23H26N4O4S. The van der Waals surface area contributed by atoms with Gasteiger partial charge in [-0.05, 0) is 32.0 Å². The van der Waals surface area contributed by atoms with Gasteiger partial charge in [0.1, 0.15) is 0 Å². The highest BCUT2D eigenvalue weighted by Crippen LogP contribution is 2.25. The molecule has 8 nitrogen and oxygen atoms in total. The molecular weight excluding hydrogens is 428 g/mol. The molecule has 168 valence electrons. The van der Waals surface area contributed by atoms with Gasteiger partial charge in [-0.25, -0.2) is 4.79 Å². The van der Waals surface area contributed by atoms with Crippen molar-refractivity contribution in [1.82, 2.24) is 14.8 Å². The van der Waals surface area contributed by atoms with Crippen LogP contribution in [0, 0.1) is 6.92 Å². The van der Waals surface area contributed by atoms with Gasteiger partial charge >= 0.3 is 5.97 Å². The predicted octanol–water partition coefficient (Wildman–Crippen LogP) is 3.81.